The summed E-state index contributed by atoms with van der Waals surface area (Å²) < 4.78 is 0. The summed E-state index contributed by atoms with van der Waals surface area (Å²) in [5.74, 6) is 0.303. The largest absolute Gasteiger partial charge is 0.393 e. The van der Waals surface area contributed by atoms with E-state index in [0.717, 1.165) is 25.0 Å². The van der Waals surface area contributed by atoms with Crippen LogP contribution < -0.4 is 11.1 Å². The van der Waals surface area contributed by atoms with Crippen LogP contribution in [-0.2, 0) is 6.42 Å². The molecule has 0 aliphatic carbocycles. The van der Waals surface area contributed by atoms with Crippen LogP contribution in [0.5, 0.6) is 0 Å². The highest BCUT2D eigenvalue weighted by Gasteiger charge is 2.13. The number of nitrogens with two attached hydrogens (primary N) is 1. The van der Waals surface area contributed by atoms with Crippen molar-refractivity contribution in [3.05, 3.63) is 45.2 Å². The third-order valence-electron chi connectivity index (χ3n) is 3.02. The minimum Gasteiger partial charge on any atom is -0.393 e. The number of aromatic nitrogens is 2. The molecule has 1 heterocycles. The van der Waals surface area contributed by atoms with Gasteiger partial charge in [-0.2, -0.15) is 0 Å². The zero-order valence-corrected chi connectivity index (χ0v) is 12.8. The maximum absolute atomic E-state index is 10.9. The number of rotatable bonds is 6. The van der Waals surface area contributed by atoms with Crippen molar-refractivity contribution in [3.63, 3.8) is 0 Å². The van der Waals surface area contributed by atoms with Crippen LogP contribution in [-0.4, -0.2) is 14.9 Å². The lowest BCUT2D eigenvalue weighted by atomic mass is 10.2. The maximum atomic E-state index is 10.9. The van der Waals surface area contributed by atoms with Gasteiger partial charge in [0, 0.05) is 17.4 Å². The second-order valence-electron chi connectivity index (χ2n) is 4.76. The van der Waals surface area contributed by atoms with Gasteiger partial charge >= 0.3 is 0 Å². The highest BCUT2D eigenvalue weighted by molar-refractivity contribution is 6.29. The first-order chi connectivity index (χ1) is 10.5. The van der Waals surface area contributed by atoms with Gasteiger partial charge < -0.3 is 11.1 Å². The molecule has 1 aromatic carbocycles. The Morgan fingerprint density at radius 1 is 1.36 bits per heavy atom. The molecule has 0 saturated carbocycles. The fourth-order valence-electron chi connectivity index (χ4n) is 1.91. The number of halogens is 1. The Morgan fingerprint density at radius 3 is 2.82 bits per heavy atom. The van der Waals surface area contributed by atoms with Crippen molar-refractivity contribution < 1.29 is 4.92 Å². The number of aryl methyl sites for hydroxylation is 1. The Kier molecular flexibility index (Phi) is 5.11. The number of nitrogens with zero attached hydrogens (tertiary/aromatic N) is 3. The predicted molar refractivity (Wildman–Crippen MR) is 86.4 cm³/mol. The van der Waals surface area contributed by atoms with Crippen LogP contribution in [0, 0.1) is 10.1 Å². The van der Waals surface area contributed by atoms with E-state index in [1.807, 2.05) is 0 Å². The molecule has 2 rings (SSSR count). The Balaban J connectivity index is 2.25. The van der Waals surface area contributed by atoms with Gasteiger partial charge in [0.15, 0.2) is 0 Å². The van der Waals surface area contributed by atoms with Gasteiger partial charge in [0.2, 0.25) is 5.95 Å². The van der Waals surface area contributed by atoms with Crippen molar-refractivity contribution in [1.82, 2.24) is 9.97 Å². The third kappa shape index (κ3) is 4.05. The first-order valence-corrected chi connectivity index (χ1v) is 7.21. The first kappa shape index (κ1) is 16.0. The average molecular weight is 322 g/mol. The summed E-state index contributed by atoms with van der Waals surface area (Å²) in [6.07, 6.45) is 2.85. The molecule has 0 fully saturated rings. The summed E-state index contributed by atoms with van der Waals surface area (Å²) in [6, 6.07) is 6.14. The summed E-state index contributed by atoms with van der Waals surface area (Å²) in [5, 5.41) is 14.1. The molecule has 0 amide bonds. The molecule has 0 saturated heterocycles. The summed E-state index contributed by atoms with van der Waals surface area (Å²) in [7, 11) is 0. The van der Waals surface area contributed by atoms with Gasteiger partial charge in [-0.15, -0.1) is 0 Å². The van der Waals surface area contributed by atoms with Crippen LogP contribution in [0.3, 0.4) is 0 Å². The fourth-order valence-corrected chi connectivity index (χ4v) is 2.12. The normalized spacial score (nSPS) is 10.5. The summed E-state index contributed by atoms with van der Waals surface area (Å²) in [4.78, 5) is 18.8. The lowest BCUT2D eigenvalue weighted by Gasteiger charge is -2.08. The van der Waals surface area contributed by atoms with E-state index in [2.05, 4.69) is 22.2 Å². The van der Waals surface area contributed by atoms with Gasteiger partial charge in [0.25, 0.3) is 5.69 Å². The van der Waals surface area contributed by atoms with E-state index < -0.39 is 4.92 Å². The number of hydrogen-bond acceptors (Lipinski definition) is 6. The van der Waals surface area contributed by atoms with Crippen molar-refractivity contribution in [3.8, 4) is 0 Å². The van der Waals surface area contributed by atoms with Crippen molar-refractivity contribution in [2.45, 2.75) is 26.2 Å². The predicted octanol–water partition coefficient (Wildman–Crippen LogP) is 3.71. The van der Waals surface area contributed by atoms with Gasteiger partial charge in [-0.3, -0.25) is 10.1 Å². The number of benzene rings is 1. The molecule has 1 aromatic heterocycles. The number of nitro benzene ring substituents is 1. The third-order valence-corrected chi connectivity index (χ3v) is 3.21. The molecule has 0 spiro atoms. The fraction of sp³-hybridized carbons (Fsp3) is 0.286. The smallest absolute Gasteiger partial charge is 0.294 e. The molecule has 116 valence electrons. The summed E-state index contributed by atoms with van der Waals surface area (Å²) in [6.45, 7) is 2.09. The minimum atomic E-state index is -0.536. The second kappa shape index (κ2) is 7.04. The van der Waals surface area contributed by atoms with Gasteiger partial charge in [0.05, 0.1) is 4.92 Å². The van der Waals surface area contributed by atoms with Crippen molar-refractivity contribution >= 4 is 34.6 Å². The second-order valence-corrected chi connectivity index (χ2v) is 5.15. The maximum Gasteiger partial charge on any atom is 0.294 e. The van der Waals surface area contributed by atoms with Crippen LogP contribution in [0.15, 0.2) is 24.3 Å². The summed E-state index contributed by atoms with van der Waals surface area (Å²) >= 11 is 5.98. The Labute approximate surface area is 132 Å². The zero-order valence-electron chi connectivity index (χ0n) is 12.0. The van der Waals surface area contributed by atoms with Crippen molar-refractivity contribution in [2.75, 3.05) is 11.1 Å². The summed E-state index contributed by atoms with van der Waals surface area (Å²) in [5.41, 5.74) is 6.80. The SMILES string of the molecule is CCCCc1cc(Cl)nc(Nc2ccc(N)c([N+](=O)[O-])c2)n1. The zero-order chi connectivity index (χ0) is 16.1. The Bertz CT molecular complexity index is 693. The molecule has 3 N–H and O–H groups in total. The highest BCUT2D eigenvalue weighted by Crippen LogP contribution is 2.26. The number of hydrogen-bond donors (Lipinski definition) is 2. The monoisotopic (exact) mass is 321 g/mol. The van der Waals surface area contributed by atoms with Crippen LogP contribution in [0.1, 0.15) is 25.5 Å². The molecule has 22 heavy (non-hydrogen) atoms. The van der Waals surface area contributed by atoms with Crippen LogP contribution in [0.4, 0.5) is 23.0 Å². The Hall–Kier alpha value is -2.41. The van der Waals surface area contributed by atoms with Gasteiger partial charge in [0.1, 0.15) is 10.8 Å². The molecule has 0 aliphatic heterocycles. The van der Waals surface area contributed by atoms with E-state index in [1.165, 1.54) is 12.1 Å². The highest BCUT2D eigenvalue weighted by atomic mass is 35.5. The molecule has 8 heteroatoms. The van der Waals surface area contributed by atoms with Gasteiger partial charge in [-0.05, 0) is 31.0 Å². The van der Waals surface area contributed by atoms with Gasteiger partial charge in [-0.1, -0.05) is 24.9 Å². The van der Waals surface area contributed by atoms with Crippen molar-refractivity contribution in [2.24, 2.45) is 0 Å². The molecular formula is C14H16ClN5O2. The topological polar surface area (TPSA) is 107 Å². The lowest BCUT2D eigenvalue weighted by molar-refractivity contribution is -0.383. The first-order valence-electron chi connectivity index (χ1n) is 6.84. The van der Waals surface area contributed by atoms with E-state index in [0.29, 0.717) is 16.8 Å². The number of nitro groups is 1. The molecule has 0 bridgehead atoms. The number of nitrogens with one attached hydrogen (secondary N) is 1. The number of unbranched alkanes of at least 4 members (excludes halogenated alkanes) is 1. The number of nitrogen functional groups attached to an aromatic ring is 1. The van der Waals surface area contributed by atoms with Crippen molar-refractivity contribution in [1.29, 1.82) is 0 Å². The van der Waals surface area contributed by atoms with E-state index in [-0.39, 0.29) is 11.4 Å². The van der Waals surface area contributed by atoms with E-state index in [9.17, 15) is 10.1 Å². The number of anilines is 3. The molecule has 0 unspecified atom stereocenters. The van der Waals surface area contributed by atoms with Crippen LogP contribution in [0.25, 0.3) is 0 Å². The van der Waals surface area contributed by atoms with E-state index in [1.54, 1.807) is 12.1 Å². The standard InChI is InChI=1S/C14H16ClN5O2/c1-2-3-4-9-8-13(15)19-14(17-9)18-10-5-6-11(16)12(7-10)20(21)22/h5-8H,2-4,16H2,1H3,(H,17,18,19). The molecule has 0 radical (unpaired) electrons. The average Bonchev–Trinajstić information content (AvgIpc) is 2.46. The minimum absolute atomic E-state index is 0.103. The van der Waals surface area contributed by atoms with Gasteiger partial charge in [-0.25, -0.2) is 9.97 Å². The molecule has 2 aromatic rings. The Morgan fingerprint density at radius 2 is 2.14 bits per heavy atom. The molecular weight excluding hydrogens is 306 g/mol. The van der Waals surface area contributed by atoms with E-state index in [4.69, 9.17) is 17.3 Å². The van der Waals surface area contributed by atoms with E-state index >= 15 is 0 Å². The molecule has 0 atom stereocenters. The lowest BCUT2D eigenvalue weighted by Crippen LogP contribution is -2.02. The quantitative estimate of drug-likeness (QED) is 0.363. The molecule has 0 aliphatic rings. The van der Waals surface area contributed by atoms with Crippen LogP contribution >= 0.6 is 11.6 Å². The van der Waals surface area contributed by atoms with Crippen LogP contribution in [0.2, 0.25) is 5.15 Å². The molecule has 7 nitrogen and oxygen atoms in total.